The molecule has 7 heteroatoms. The van der Waals surface area contributed by atoms with Crippen LogP contribution in [0.2, 0.25) is 0 Å². The third kappa shape index (κ3) is 2.77. The zero-order chi connectivity index (χ0) is 15.8. The third-order valence-corrected chi connectivity index (χ3v) is 5.08. The molecule has 0 spiro atoms. The SMILES string of the molecule is CC(C)(NS(=O)(=O)c1ccc2c(c1)OCO2)c1cccnc1. The monoisotopic (exact) mass is 320 g/mol. The minimum Gasteiger partial charge on any atom is -0.454 e. The Bertz CT molecular complexity index is 788. The molecule has 22 heavy (non-hydrogen) atoms. The van der Waals surface area contributed by atoms with Crippen LogP contribution in [0.3, 0.4) is 0 Å². The van der Waals surface area contributed by atoms with E-state index in [2.05, 4.69) is 9.71 Å². The van der Waals surface area contributed by atoms with E-state index in [4.69, 9.17) is 9.47 Å². The van der Waals surface area contributed by atoms with Crippen LogP contribution < -0.4 is 14.2 Å². The highest BCUT2D eigenvalue weighted by atomic mass is 32.2. The lowest BCUT2D eigenvalue weighted by Crippen LogP contribution is -2.40. The molecule has 0 bridgehead atoms. The van der Waals surface area contributed by atoms with E-state index in [1.165, 1.54) is 12.1 Å². The van der Waals surface area contributed by atoms with Gasteiger partial charge in [-0.2, -0.15) is 0 Å². The van der Waals surface area contributed by atoms with Gasteiger partial charge in [-0.05, 0) is 37.6 Å². The van der Waals surface area contributed by atoms with Crippen LogP contribution in [0.15, 0.2) is 47.6 Å². The van der Waals surface area contributed by atoms with Gasteiger partial charge in [0.05, 0.1) is 10.4 Å². The van der Waals surface area contributed by atoms with Crippen molar-refractivity contribution in [1.82, 2.24) is 9.71 Å². The summed E-state index contributed by atoms with van der Waals surface area (Å²) in [6, 6.07) is 8.15. The Hall–Kier alpha value is -2.12. The molecule has 1 aromatic carbocycles. The fourth-order valence-corrected chi connectivity index (χ4v) is 3.65. The van der Waals surface area contributed by atoms with Crippen LogP contribution in [-0.4, -0.2) is 20.2 Å². The number of fused-ring (bicyclic) bond motifs is 1. The van der Waals surface area contributed by atoms with Crippen molar-refractivity contribution in [3.8, 4) is 11.5 Å². The first-order valence-electron chi connectivity index (χ1n) is 6.73. The second kappa shape index (κ2) is 5.26. The van der Waals surface area contributed by atoms with Crippen LogP contribution >= 0.6 is 0 Å². The summed E-state index contributed by atoms with van der Waals surface area (Å²) >= 11 is 0. The van der Waals surface area contributed by atoms with Gasteiger partial charge in [0.15, 0.2) is 11.5 Å². The number of ether oxygens (including phenoxy) is 2. The summed E-state index contributed by atoms with van der Waals surface area (Å²) in [7, 11) is -3.70. The predicted molar refractivity (Wildman–Crippen MR) is 80.1 cm³/mol. The first-order valence-corrected chi connectivity index (χ1v) is 8.21. The molecule has 6 nitrogen and oxygen atoms in total. The van der Waals surface area contributed by atoms with Gasteiger partial charge < -0.3 is 9.47 Å². The Labute approximate surface area is 129 Å². The molecule has 0 radical (unpaired) electrons. The summed E-state index contributed by atoms with van der Waals surface area (Å²) in [6.45, 7) is 3.68. The van der Waals surface area contributed by atoms with Gasteiger partial charge in [-0.25, -0.2) is 13.1 Å². The number of rotatable bonds is 4. The topological polar surface area (TPSA) is 77.5 Å². The second-order valence-corrected chi connectivity index (χ2v) is 7.17. The zero-order valence-corrected chi connectivity index (χ0v) is 13.1. The summed E-state index contributed by atoms with van der Waals surface area (Å²) in [5, 5.41) is 0. The number of sulfonamides is 1. The standard InChI is InChI=1S/C15H16N2O4S/c1-15(2,11-4-3-7-16-9-11)17-22(18,19)12-5-6-13-14(8-12)21-10-20-13/h3-9,17H,10H2,1-2H3. The first-order chi connectivity index (χ1) is 10.4. The normalized spacial score (nSPS) is 14.1. The highest BCUT2D eigenvalue weighted by molar-refractivity contribution is 7.89. The van der Waals surface area contributed by atoms with Crippen LogP contribution in [0.4, 0.5) is 0 Å². The van der Waals surface area contributed by atoms with Crippen molar-refractivity contribution in [2.45, 2.75) is 24.3 Å². The highest BCUT2D eigenvalue weighted by Crippen LogP contribution is 2.34. The van der Waals surface area contributed by atoms with Gasteiger partial charge in [-0.3, -0.25) is 4.98 Å². The van der Waals surface area contributed by atoms with Crippen molar-refractivity contribution in [3.63, 3.8) is 0 Å². The van der Waals surface area contributed by atoms with E-state index in [-0.39, 0.29) is 11.7 Å². The Morgan fingerprint density at radius 1 is 1.18 bits per heavy atom. The molecule has 1 aromatic heterocycles. The minimum absolute atomic E-state index is 0.105. The number of aromatic nitrogens is 1. The van der Waals surface area contributed by atoms with Gasteiger partial charge in [-0.1, -0.05) is 6.07 Å². The molecule has 0 saturated carbocycles. The molecule has 0 atom stereocenters. The van der Waals surface area contributed by atoms with Gasteiger partial charge in [-0.15, -0.1) is 0 Å². The molecular weight excluding hydrogens is 304 g/mol. The molecule has 116 valence electrons. The van der Waals surface area contributed by atoms with Crippen LogP contribution in [-0.2, 0) is 15.6 Å². The maximum absolute atomic E-state index is 12.6. The van der Waals surface area contributed by atoms with E-state index >= 15 is 0 Å². The fourth-order valence-electron chi connectivity index (χ4n) is 2.23. The molecular formula is C15H16N2O4S. The highest BCUT2D eigenvalue weighted by Gasteiger charge is 2.29. The minimum atomic E-state index is -3.70. The van der Waals surface area contributed by atoms with Crippen LogP contribution in [0.25, 0.3) is 0 Å². The molecule has 1 aliphatic heterocycles. The van der Waals surface area contributed by atoms with Gasteiger partial charge in [0.1, 0.15) is 0 Å². The van der Waals surface area contributed by atoms with Crippen molar-refractivity contribution in [1.29, 1.82) is 0 Å². The zero-order valence-electron chi connectivity index (χ0n) is 12.2. The quantitative estimate of drug-likeness (QED) is 0.932. The van der Waals surface area contributed by atoms with Crippen LogP contribution in [0.5, 0.6) is 11.5 Å². The molecule has 2 aromatic rings. The van der Waals surface area contributed by atoms with E-state index in [0.29, 0.717) is 11.5 Å². The van der Waals surface area contributed by atoms with E-state index in [9.17, 15) is 8.42 Å². The Balaban J connectivity index is 1.90. The summed E-state index contributed by atoms with van der Waals surface area (Å²) in [6.07, 6.45) is 3.29. The molecule has 0 aliphatic carbocycles. The summed E-state index contributed by atoms with van der Waals surface area (Å²) in [5.74, 6) is 0.979. The van der Waals surface area contributed by atoms with E-state index in [1.54, 1.807) is 38.4 Å². The maximum atomic E-state index is 12.6. The molecule has 0 saturated heterocycles. The van der Waals surface area contributed by atoms with Crippen molar-refractivity contribution in [3.05, 3.63) is 48.3 Å². The van der Waals surface area contributed by atoms with Crippen LogP contribution in [0.1, 0.15) is 19.4 Å². The number of nitrogens with one attached hydrogen (secondary N) is 1. The molecule has 2 heterocycles. The number of hydrogen-bond acceptors (Lipinski definition) is 5. The first kappa shape index (κ1) is 14.8. The average molecular weight is 320 g/mol. The van der Waals surface area contributed by atoms with Crippen molar-refractivity contribution >= 4 is 10.0 Å². The molecule has 3 rings (SSSR count). The van der Waals surface area contributed by atoms with Crippen molar-refractivity contribution in [2.24, 2.45) is 0 Å². The lowest BCUT2D eigenvalue weighted by Gasteiger charge is -2.26. The third-order valence-electron chi connectivity index (χ3n) is 3.43. The smallest absolute Gasteiger partial charge is 0.241 e. The van der Waals surface area contributed by atoms with E-state index in [0.717, 1.165) is 5.56 Å². The average Bonchev–Trinajstić information content (AvgIpc) is 2.94. The van der Waals surface area contributed by atoms with Crippen LogP contribution in [0, 0.1) is 0 Å². The Kier molecular flexibility index (Phi) is 3.54. The lowest BCUT2D eigenvalue weighted by atomic mass is 9.98. The largest absolute Gasteiger partial charge is 0.454 e. The number of benzene rings is 1. The predicted octanol–water partition coefficient (Wildman–Crippen LogP) is 2.02. The number of nitrogens with zero attached hydrogens (tertiary/aromatic N) is 1. The molecule has 0 unspecified atom stereocenters. The van der Waals surface area contributed by atoms with Gasteiger partial charge in [0.25, 0.3) is 0 Å². The summed E-state index contributed by atoms with van der Waals surface area (Å²) in [4.78, 5) is 4.16. The van der Waals surface area contributed by atoms with Crippen molar-refractivity contribution < 1.29 is 17.9 Å². The second-order valence-electron chi connectivity index (χ2n) is 5.49. The Morgan fingerprint density at radius 2 is 1.95 bits per heavy atom. The fraction of sp³-hybridized carbons (Fsp3) is 0.267. The van der Waals surface area contributed by atoms with Crippen molar-refractivity contribution in [2.75, 3.05) is 6.79 Å². The van der Waals surface area contributed by atoms with E-state index < -0.39 is 15.6 Å². The van der Waals surface area contributed by atoms with Gasteiger partial charge in [0.2, 0.25) is 16.8 Å². The maximum Gasteiger partial charge on any atom is 0.241 e. The Morgan fingerprint density at radius 3 is 2.68 bits per heavy atom. The summed E-state index contributed by atoms with van der Waals surface area (Å²) < 4.78 is 38.3. The molecule has 1 aliphatic rings. The number of hydrogen-bond donors (Lipinski definition) is 1. The lowest BCUT2D eigenvalue weighted by molar-refractivity contribution is 0.174. The number of pyridine rings is 1. The van der Waals surface area contributed by atoms with Gasteiger partial charge in [0, 0.05) is 18.5 Å². The summed E-state index contributed by atoms with van der Waals surface area (Å²) in [5.41, 5.74) is -0.0111. The molecule has 0 fully saturated rings. The van der Waals surface area contributed by atoms with Gasteiger partial charge >= 0.3 is 0 Å². The van der Waals surface area contributed by atoms with E-state index in [1.807, 2.05) is 6.07 Å². The molecule has 1 N–H and O–H groups in total. The molecule has 0 amide bonds.